The van der Waals surface area contributed by atoms with Crippen LogP contribution in [0.5, 0.6) is 5.75 Å². The highest BCUT2D eigenvalue weighted by Crippen LogP contribution is 2.23. The average molecular weight is 400 g/mol. The van der Waals surface area contributed by atoms with E-state index in [1.54, 1.807) is 0 Å². The molecule has 0 aromatic heterocycles. The maximum atomic E-state index is 12.5. The van der Waals surface area contributed by atoms with Gasteiger partial charge in [-0.3, -0.25) is 14.5 Å². The molecule has 1 fully saturated rings. The molecule has 1 saturated heterocycles. The highest BCUT2D eigenvalue weighted by atomic mass is 16.5. The van der Waals surface area contributed by atoms with Crippen LogP contribution >= 0.6 is 0 Å². The topological polar surface area (TPSA) is 70.7 Å². The van der Waals surface area contributed by atoms with Gasteiger partial charge in [-0.05, 0) is 45.1 Å². The fourth-order valence-corrected chi connectivity index (χ4v) is 4.06. The summed E-state index contributed by atoms with van der Waals surface area (Å²) >= 11 is 0. The molecule has 6 nitrogen and oxygen atoms in total. The van der Waals surface area contributed by atoms with Crippen molar-refractivity contribution in [1.29, 1.82) is 0 Å². The van der Waals surface area contributed by atoms with Gasteiger partial charge in [0.2, 0.25) is 11.8 Å². The van der Waals surface area contributed by atoms with Crippen LogP contribution in [-0.4, -0.2) is 49.0 Å². The van der Waals surface area contributed by atoms with Gasteiger partial charge in [-0.15, -0.1) is 0 Å². The Kier molecular flexibility index (Phi) is 8.11. The lowest BCUT2D eigenvalue weighted by molar-refractivity contribution is -0.134. The molecule has 29 heavy (non-hydrogen) atoms. The molecule has 1 aromatic carbocycles. The van der Waals surface area contributed by atoms with Crippen LogP contribution in [0.2, 0.25) is 0 Å². The first-order chi connectivity index (χ1) is 14.2. The normalized spacial score (nSPS) is 20.0. The highest BCUT2D eigenvalue weighted by molar-refractivity contribution is 5.88. The molecule has 0 unspecified atom stereocenters. The maximum Gasteiger partial charge on any atom is 0.237 e. The molecule has 0 radical (unpaired) electrons. The van der Waals surface area contributed by atoms with Crippen molar-refractivity contribution in [3.8, 4) is 5.75 Å². The van der Waals surface area contributed by atoms with Crippen molar-refractivity contribution in [2.45, 2.75) is 58.0 Å². The number of carbonyl (C=O) groups excluding carboxylic acids is 2. The first-order valence-electron chi connectivity index (χ1n) is 10.8. The van der Waals surface area contributed by atoms with Crippen molar-refractivity contribution in [2.24, 2.45) is 0 Å². The van der Waals surface area contributed by atoms with E-state index in [-0.39, 0.29) is 18.2 Å². The summed E-state index contributed by atoms with van der Waals surface area (Å²) in [7, 11) is 0. The van der Waals surface area contributed by atoms with Crippen LogP contribution < -0.4 is 15.4 Å². The molecular formula is C23H33N3O3. The lowest BCUT2D eigenvalue weighted by atomic mass is 9.97. The largest absolute Gasteiger partial charge is 0.494 e. The van der Waals surface area contributed by atoms with Crippen LogP contribution in [0.4, 0.5) is 0 Å². The summed E-state index contributed by atoms with van der Waals surface area (Å²) in [5.41, 5.74) is 2.49. The number of allylic oxidation sites excluding steroid dienone is 1. The lowest BCUT2D eigenvalue weighted by Crippen LogP contribution is -2.56. The zero-order valence-corrected chi connectivity index (χ0v) is 17.4. The zero-order valence-electron chi connectivity index (χ0n) is 17.4. The van der Waals surface area contributed by atoms with Crippen molar-refractivity contribution in [2.75, 3.05) is 26.2 Å². The minimum absolute atomic E-state index is 0.0634. The van der Waals surface area contributed by atoms with Crippen molar-refractivity contribution in [3.05, 3.63) is 41.5 Å². The lowest BCUT2D eigenvalue weighted by Gasteiger charge is -2.35. The third-order valence-corrected chi connectivity index (χ3v) is 5.62. The molecule has 1 aliphatic carbocycles. The quantitative estimate of drug-likeness (QED) is 0.627. The number of carbonyl (C=O) groups is 2. The second kappa shape index (κ2) is 11.0. The molecule has 1 atom stereocenters. The van der Waals surface area contributed by atoms with Crippen LogP contribution in [0.3, 0.4) is 0 Å². The minimum atomic E-state index is -0.452. The molecule has 3 rings (SSSR count). The fraction of sp³-hybridized carbons (Fsp3) is 0.565. The van der Waals surface area contributed by atoms with Crippen molar-refractivity contribution in [1.82, 2.24) is 15.5 Å². The summed E-state index contributed by atoms with van der Waals surface area (Å²) in [6.07, 6.45) is 8.23. The molecular weight excluding hydrogens is 366 g/mol. The number of amides is 2. The number of hydrogen-bond donors (Lipinski definition) is 2. The predicted octanol–water partition coefficient (Wildman–Crippen LogP) is 2.78. The van der Waals surface area contributed by atoms with Gasteiger partial charge in [0, 0.05) is 31.7 Å². The van der Waals surface area contributed by atoms with Crippen LogP contribution in [0.1, 0.15) is 51.0 Å². The van der Waals surface area contributed by atoms with E-state index in [9.17, 15) is 9.59 Å². The molecule has 2 aliphatic rings. The van der Waals surface area contributed by atoms with Gasteiger partial charge in [-0.25, -0.2) is 0 Å². The first-order valence-corrected chi connectivity index (χ1v) is 10.8. The molecule has 6 heteroatoms. The summed E-state index contributed by atoms with van der Waals surface area (Å²) in [6, 6.07) is 7.44. The average Bonchev–Trinajstić information content (AvgIpc) is 2.73. The monoisotopic (exact) mass is 399 g/mol. The van der Waals surface area contributed by atoms with E-state index in [1.807, 2.05) is 31.2 Å². The van der Waals surface area contributed by atoms with Crippen molar-refractivity contribution < 1.29 is 14.3 Å². The number of ether oxygens (including phenoxy) is 1. The van der Waals surface area contributed by atoms with E-state index in [0.717, 1.165) is 37.1 Å². The predicted molar refractivity (Wildman–Crippen MR) is 114 cm³/mol. The molecule has 0 bridgehead atoms. The molecule has 158 valence electrons. The number of nitrogens with zero attached hydrogens (tertiary/aromatic N) is 1. The van der Waals surface area contributed by atoms with Gasteiger partial charge >= 0.3 is 0 Å². The Hall–Kier alpha value is -2.34. The van der Waals surface area contributed by atoms with Gasteiger partial charge in [0.25, 0.3) is 0 Å². The Morgan fingerprint density at radius 3 is 2.97 bits per heavy atom. The van der Waals surface area contributed by atoms with Crippen molar-refractivity contribution in [3.63, 3.8) is 0 Å². The Bertz CT molecular complexity index is 732. The molecule has 0 spiro atoms. The molecule has 1 heterocycles. The second-order valence-corrected chi connectivity index (χ2v) is 7.73. The number of hydrogen-bond acceptors (Lipinski definition) is 4. The van der Waals surface area contributed by atoms with E-state index in [1.165, 1.54) is 18.4 Å². The summed E-state index contributed by atoms with van der Waals surface area (Å²) in [5, 5.41) is 5.90. The van der Waals surface area contributed by atoms with Gasteiger partial charge in [0.05, 0.1) is 19.1 Å². The molecule has 2 N–H and O–H groups in total. The third kappa shape index (κ3) is 6.32. The van der Waals surface area contributed by atoms with Gasteiger partial charge in [-0.2, -0.15) is 0 Å². The molecule has 1 aromatic rings. The maximum absolute atomic E-state index is 12.5. The fourth-order valence-electron chi connectivity index (χ4n) is 4.06. The van der Waals surface area contributed by atoms with Gasteiger partial charge < -0.3 is 15.4 Å². The van der Waals surface area contributed by atoms with E-state index in [4.69, 9.17) is 4.74 Å². The standard InChI is InChI=1S/C23H33N3O3/c1-2-29-21-11-7-6-10-19(21)17-26-15-14-25-23(28)20(26)16-22(27)24-13-12-18-8-4-3-5-9-18/h6-8,10-11,20H,2-5,9,12-17H2,1H3,(H,24,27)(H,25,28)/t20-/m1/s1. The van der Waals surface area contributed by atoms with Crippen LogP contribution in [-0.2, 0) is 16.1 Å². The zero-order chi connectivity index (χ0) is 20.5. The van der Waals surface area contributed by atoms with Crippen molar-refractivity contribution >= 4 is 11.8 Å². The number of nitrogens with one attached hydrogen (secondary N) is 2. The van der Waals surface area contributed by atoms with Gasteiger partial charge in [0.15, 0.2) is 0 Å². The summed E-state index contributed by atoms with van der Waals surface area (Å²) in [5.74, 6) is 0.701. The summed E-state index contributed by atoms with van der Waals surface area (Å²) in [6.45, 7) is 5.11. The number of para-hydroxylation sites is 1. The Morgan fingerprint density at radius 1 is 1.31 bits per heavy atom. The number of benzene rings is 1. The molecule has 2 amide bonds. The first kappa shape index (κ1) is 21.4. The minimum Gasteiger partial charge on any atom is -0.494 e. The molecule has 0 saturated carbocycles. The number of piperazine rings is 1. The van der Waals surface area contributed by atoms with Crippen LogP contribution in [0.15, 0.2) is 35.9 Å². The van der Waals surface area contributed by atoms with Gasteiger partial charge in [0.1, 0.15) is 5.75 Å². The smallest absolute Gasteiger partial charge is 0.237 e. The third-order valence-electron chi connectivity index (χ3n) is 5.62. The SMILES string of the molecule is CCOc1ccccc1CN1CCNC(=O)[C@H]1CC(=O)NCCC1=CCCCC1. The Morgan fingerprint density at radius 2 is 2.17 bits per heavy atom. The Balaban J connectivity index is 1.56. The number of rotatable bonds is 9. The second-order valence-electron chi connectivity index (χ2n) is 7.73. The summed E-state index contributed by atoms with van der Waals surface area (Å²) in [4.78, 5) is 27.1. The summed E-state index contributed by atoms with van der Waals surface area (Å²) < 4.78 is 5.72. The van der Waals surface area contributed by atoms with E-state index in [0.29, 0.717) is 26.2 Å². The van der Waals surface area contributed by atoms with E-state index >= 15 is 0 Å². The van der Waals surface area contributed by atoms with E-state index < -0.39 is 6.04 Å². The van der Waals surface area contributed by atoms with Crippen LogP contribution in [0.25, 0.3) is 0 Å². The Labute approximate surface area is 173 Å². The van der Waals surface area contributed by atoms with Crippen LogP contribution in [0, 0.1) is 0 Å². The molecule has 1 aliphatic heterocycles. The van der Waals surface area contributed by atoms with E-state index in [2.05, 4.69) is 21.6 Å². The highest BCUT2D eigenvalue weighted by Gasteiger charge is 2.32. The van der Waals surface area contributed by atoms with Gasteiger partial charge in [-0.1, -0.05) is 29.8 Å².